The zero-order valence-electron chi connectivity index (χ0n) is 11.7. The first-order valence-electron chi connectivity index (χ1n) is 7.18. The zero-order valence-corrected chi connectivity index (χ0v) is 12.5. The van der Waals surface area contributed by atoms with Crippen molar-refractivity contribution in [2.45, 2.75) is 54.3 Å². The topological polar surface area (TPSA) is 54.0 Å². The van der Waals surface area contributed by atoms with Gasteiger partial charge in [-0.25, -0.2) is 4.98 Å². The highest BCUT2D eigenvalue weighted by atomic mass is 32.2. The molecule has 8 heteroatoms. The van der Waals surface area contributed by atoms with E-state index in [1.54, 1.807) is 0 Å². The molecule has 0 aliphatic carbocycles. The number of nitrogens with one attached hydrogen (secondary N) is 2. The van der Waals surface area contributed by atoms with E-state index in [-0.39, 0.29) is 28.4 Å². The van der Waals surface area contributed by atoms with Crippen molar-refractivity contribution in [3.8, 4) is 0 Å². The summed E-state index contributed by atoms with van der Waals surface area (Å²) < 4.78 is 37.6. The van der Waals surface area contributed by atoms with Crippen LogP contribution in [0.5, 0.6) is 0 Å². The normalized spacial score (nSPS) is 27.7. The van der Waals surface area contributed by atoms with Gasteiger partial charge in [0.15, 0.2) is 0 Å². The Hall–Kier alpha value is -1.28. The molecule has 120 valence electrons. The van der Waals surface area contributed by atoms with Crippen molar-refractivity contribution in [1.29, 1.82) is 0 Å². The van der Waals surface area contributed by atoms with Gasteiger partial charge in [-0.2, -0.15) is 13.2 Å². The number of alkyl halides is 3. The van der Waals surface area contributed by atoms with Gasteiger partial charge in [-0.3, -0.25) is 4.79 Å². The number of piperidine rings is 1. The molecule has 3 rings (SSSR count). The molecule has 2 fully saturated rings. The maximum atomic E-state index is 12.5. The van der Waals surface area contributed by atoms with E-state index in [0.717, 1.165) is 25.7 Å². The quantitative estimate of drug-likeness (QED) is 0.836. The summed E-state index contributed by atoms with van der Waals surface area (Å²) >= 11 is -0.353. The highest BCUT2D eigenvalue weighted by Crippen LogP contribution is 2.37. The molecule has 3 heterocycles. The third-order valence-corrected chi connectivity index (χ3v) is 4.79. The van der Waals surface area contributed by atoms with Crippen LogP contribution in [0.15, 0.2) is 23.4 Å². The molecule has 2 aliphatic rings. The number of pyridine rings is 1. The molecule has 2 bridgehead atoms. The predicted molar refractivity (Wildman–Crippen MR) is 76.6 cm³/mol. The smallest absolute Gasteiger partial charge is 0.349 e. The molecule has 1 aromatic heterocycles. The van der Waals surface area contributed by atoms with Gasteiger partial charge >= 0.3 is 5.51 Å². The molecule has 0 aromatic carbocycles. The molecular formula is C14H16F3N3OS. The number of halogens is 3. The van der Waals surface area contributed by atoms with Crippen LogP contribution in [-0.4, -0.2) is 34.5 Å². The van der Waals surface area contributed by atoms with Crippen molar-refractivity contribution >= 4 is 17.7 Å². The summed E-state index contributed by atoms with van der Waals surface area (Å²) in [5.41, 5.74) is -4.48. The Balaban J connectivity index is 1.70. The second-order valence-corrected chi connectivity index (χ2v) is 6.74. The van der Waals surface area contributed by atoms with E-state index in [1.165, 1.54) is 18.3 Å². The van der Waals surface area contributed by atoms with Crippen molar-refractivity contribution in [2.75, 3.05) is 0 Å². The minimum atomic E-state index is -4.46. The Bertz CT molecular complexity index is 555. The van der Waals surface area contributed by atoms with Gasteiger partial charge in [0.25, 0.3) is 5.91 Å². The fourth-order valence-corrected chi connectivity index (χ4v) is 3.80. The lowest BCUT2D eigenvalue weighted by atomic mass is 9.99. The fraction of sp³-hybridized carbons (Fsp3) is 0.571. The van der Waals surface area contributed by atoms with E-state index in [2.05, 4.69) is 15.6 Å². The Morgan fingerprint density at radius 1 is 1.32 bits per heavy atom. The summed E-state index contributed by atoms with van der Waals surface area (Å²) in [5, 5.41) is 6.02. The molecule has 22 heavy (non-hydrogen) atoms. The largest absolute Gasteiger partial charge is 0.447 e. The van der Waals surface area contributed by atoms with Gasteiger partial charge in [-0.15, -0.1) is 0 Å². The maximum absolute atomic E-state index is 12.5. The van der Waals surface area contributed by atoms with Gasteiger partial charge in [0.05, 0.1) is 5.56 Å². The Morgan fingerprint density at radius 3 is 2.64 bits per heavy atom. The molecule has 2 aliphatic heterocycles. The third-order valence-electron chi connectivity index (χ3n) is 4.04. The molecule has 2 atom stereocenters. The van der Waals surface area contributed by atoms with Crippen LogP contribution >= 0.6 is 11.8 Å². The van der Waals surface area contributed by atoms with Crippen LogP contribution in [0.1, 0.15) is 36.0 Å². The van der Waals surface area contributed by atoms with E-state index in [9.17, 15) is 18.0 Å². The second-order valence-electron chi connectivity index (χ2n) is 5.68. The molecule has 1 aromatic rings. The summed E-state index contributed by atoms with van der Waals surface area (Å²) in [6, 6.07) is 3.67. The summed E-state index contributed by atoms with van der Waals surface area (Å²) in [6.07, 6.45) is 5.10. The van der Waals surface area contributed by atoms with E-state index in [4.69, 9.17) is 0 Å². The van der Waals surface area contributed by atoms with Crippen molar-refractivity contribution < 1.29 is 18.0 Å². The first kappa shape index (κ1) is 15.6. The third kappa shape index (κ3) is 3.73. The van der Waals surface area contributed by atoms with Crippen molar-refractivity contribution in [3.63, 3.8) is 0 Å². The molecule has 2 N–H and O–H groups in total. The lowest BCUT2D eigenvalue weighted by Gasteiger charge is -2.29. The number of amides is 1. The molecule has 0 saturated carbocycles. The van der Waals surface area contributed by atoms with Gasteiger partial charge < -0.3 is 10.6 Å². The number of thioether (sulfide) groups is 1. The van der Waals surface area contributed by atoms with Crippen molar-refractivity contribution in [2.24, 2.45) is 0 Å². The average Bonchev–Trinajstić information content (AvgIpc) is 2.76. The highest BCUT2D eigenvalue weighted by molar-refractivity contribution is 8.00. The number of carbonyl (C=O) groups excluding carboxylic acids is 1. The maximum Gasteiger partial charge on any atom is 0.447 e. The van der Waals surface area contributed by atoms with Crippen LogP contribution in [0.25, 0.3) is 0 Å². The van der Waals surface area contributed by atoms with Gasteiger partial charge in [0, 0.05) is 36.1 Å². The van der Waals surface area contributed by atoms with Crippen LogP contribution in [0.2, 0.25) is 0 Å². The number of nitrogens with zero attached hydrogens (tertiary/aromatic N) is 1. The van der Waals surface area contributed by atoms with Crippen LogP contribution in [0, 0.1) is 0 Å². The summed E-state index contributed by atoms with van der Waals surface area (Å²) in [6.45, 7) is 0. The van der Waals surface area contributed by atoms with E-state index < -0.39 is 11.4 Å². The Kier molecular flexibility index (Phi) is 4.31. The standard InChI is InChI=1S/C14H16F3N3OS/c15-14(16,17)22-13-11(2-1-5-18-13)12(21)20-10-6-8-3-4-9(7-10)19-8/h1-2,5,8-10,19H,3-4,6-7H2,(H,20,21). The molecule has 1 amide bonds. The van der Waals surface area contributed by atoms with Crippen LogP contribution < -0.4 is 10.6 Å². The van der Waals surface area contributed by atoms with Crippen LogP contribution in [0.4, 0.5) is 13.2 Å². The van der Waals surface area contributed by atoms with Gasteiger partial charge in [0.2, 0.25) is 0 Å². The Labute approximate surface area is 130 Å². The minimum absolute atomic E-state index is 0.00944. The first-order chi connectivity index (χ1) is 10.4. The molecule has 0 spiro atoms. The zero-order chi connectivity index (χ0) is 15.7. The number of carbonyl (C=O) groups is 1. The number of hydrogen-bond acceptors (Lipinski definition) is 4. The number of hydrogen-bond donors (Lipinski definition) is 2. The van der Waals surface area contributed by atoms with Crippen LogP contribution in [0.3, 0.4) is 0 Å². The van der Waals surface area contributed by atoms with Crippen molar-refractivity contribution in [1.82, 2.24) is 15.6 Å². The number of aromatic nitrogens is 1. The molecule has 0 radical (unpaired) electrons. The summed E-state index contributed by atoms with van der Waals surface area (Å²) in [4.78, 5) is 16.0. The lowest BCUT2D eigenvalue weighted by Crippen LogP contribution is -2.48. The molecule has 4 nitrogen and oxygen atoms in total. The molecule has 2 unspecified atom stereocenters. The molecular weight excluding hydrogens is 315 g/mol. The summed E-state index contributed by atoms with van der Waals surface area (Å²) in [5.74, 6) is -0.480. The second kappa shape index (κ2) is 6.08. The number of fused-ring (bicyclic) bond motifs is 2. The lowest BCUT2D eigenvalue weighted by molar-refractivity contribution is -0.0329. The van der Waals surface area contributed by atoms with Crippen LogP contribution in [-0.2, 0) is 0 Å². The van der Waals surface area contributed by atoms with Gasteiger partial charge in [-0.1, -0.05) is 0 Å². The predicted octanol–water partition coefficient (Wildman–Crippen LogP) is 2.71. The summed E-state index contributed by atoms with van der Waals surface area (Å²) in [7, 11) is 0. The van der Waals surface area contributed by atoms with E-state index >= 15 is 0 Å². The average molecular weight is 331 g/mol. The highest BCUT2D eigenvalue weighted by Gasteiger charge is 2.35. The monoisotopic (exact) mass is 331 g/mol. The van der Waals surface area contributed by atoms with E-state index in [1.807, 2.05) is 0 Å². The Morgan fingerprint density at radius 2 is 2.00 bits per heavy atom. The van der Waals surface area contributed by atoms with Gasteiger partial charge in [-0.05, 0) is 37.8 Å². The number of rotatable bonds is 3. The molecule has 2 saturated heterocycles. The SMILES string of the molecule is O=C(NC1CC2CCC(C1)N2)c1cccnc1SC(F)(F)F. The van der Waals surface area contributed by atoms with E-state index in [0.29, 0.717) is 12.1 Å². The van der Waals surface area contributed by atoms with Crippen molar-refractivity contribution in [3.05, 3.63) is 23.9 Å². The van der Waals surface area contributed by atoms with Gasteiger partial charge in [0.1, 0.15) is 5.03 Å². The first-order valence-corrected chi connectivity index (χ1v) is 8.00. The fourth-order valence-electron chi connectivity index (χ4n) is 3.19. The minimum Gasteiger partial charge on any atom is -0.349 e.